The highest BCUT2D eigenvalue weighted by molar-refractivity contribution is 6.41. The highest BCUT2D eigenvalue weighted by Gasteiger charge is 2.12. The maximum Gasteiger partial charge on any atom is 0.271 e. The van der Waals surface area contributed by atoms with Crippen LogP contribution in [-0.4, -0.2) is 36.8 Å². The van der Waals surface area contributed by atoms with Gasteiger partial charge in [0, 0.05) is 31.5 Å². The summed E-state index contributed by atoms with van der Waals surface area (Å²) in [5, 5.41) is 12.1. The lowest BCUT2D eigenvalue weighted by molar-refractivity contribution is 0.0947. The SMILES string of the molecule is Cc1nn(CCCNC(=O)c2cc3ncccn3n2)c(Cl)c1Cl. The molecule has 0 atom stereocenters. The highest BCUT2D eigenvalue weighted by atomic mass is 35.5. The second kappa shape index (κ2) is 6.55. The summed E-state index contributed by atoms with van der Waals surface area (Å²) in [4.78, 5) is 16.2. The second-order valence-corrected chi connectivity index (χ2v) is 5.71. The van der Waals surface area contributed by atoms with Crippen molar-refractivity contribution in [3.05, 3.63) is 46.1 Å². The van der Waals surface area contributed by atoms with Crippen LogP contribution in [0.5, 0.6) is 0 Å². The molecule has 120 valence electrons. The van der Waals surface area contributed by atoms with Gasteiger partial charge in [-0.05, 0) is 19.4 Å². The third-order valence-electron chi connectivity index (χ3n) is 3.30. The first-order valence-corrected chi connectivity index (χ1v) is 7.79. The summed E-state index contributed by atoms with van der Waals surface area (Å²) in [5.74, 6) is -0.240. The Bertz CT molecular complexity index is 823. The van der Waals surface area contributed by atoms with Gasteiger partial charge in [0.2, 0.25) is 0 Å². The largest absolute Gasteiger partial charge is 0.351 e. The van der Waals surface area contributed by atoms with Gasteiger partial charge in [-0.1, -0.05) is 23.2 Å². The number of carbonyl (C=O) groups excluding carboxylic acids is 1. The van der Waals surface area contributed by atoms with Crippen molar-refractivity contribution in [1.82, 2.24) is 29.7 Å². The molecule has 0 unspecified atom stereocenters. The summed E-state index contributed by atoms with van der Waals surface area (Å²) in [6.45, 7) is 2.84. The van der Waals surface area contributed by atoms with Gasteiger partial charge in [0.1, 0.15) is 10.2 Å². The maximum atomic E-state index is 12.1. The molecule has 7 nitrogen and oxygen atoms in total. The molecule has 0 aliphatic carbocycles. The summed E-state index contributed by atoms with van der Waals surface area (Å²) < 4.78 is 3.18. The monoisotopic (exact) mass is 352 g/mol. The van der Waals surface area contributed by atoms with E-state index in [1.807, 2.05) is 0 Å². The van der Waals surface area contributed by atoms with Crippen LogP contribution in [0.15, 0.2) is 24.5 Å². The zero-order chi connectivity index (χ0) is 16.4. The lowest BCUT2D eigenvalue weighted by atomic mass is 10.3. The van der Waals surface area contributed by atoms with Crippen LogP contribution in [-0.2, 0) is 6.54 Å². The van der Waals surface area contributed by atoms with Crippen LogP contribution in [0.4, 0.5) is 0 Å². The van der Waals surface area contributed by atoms with E-state index in [0.717, 1.165) is 0 Å². The smallest absolute Gasteiger partial charge is 0.271 e. The molecule has 3 heterocycles. The number of fused-ring (bicyclic) bond motifs is 1. The molecule has 3 aromatic rings. The standard InChI is InChI=1S/C14H14Cl2N6O/c1-9-12(15)13(16)22(19-9)7-3-5-18-14(23)10-8-11-17-4-2-6-21(11)20-10/h2,4,6,8H,3,5,7H2,1H3,(H,18,23). The fourth-order valence-electron chi connectivity index (χ4n) is 2.14. The van der Waals surface area contributed by atoms with Gasteiger partial charge in [0.15, 0.2) is 11.3 Å². The minimum Gasteiger partial charge on any atom is -0.351 e. The van der Waals surface area contributed by atoms with Crippen molar-refractivity contribution in [2.45, 2.75) is 19.9 Å². The van der Waals surface area contributed by atoms with Crippen molar-refractivity contribution >= 4 is 34.8 Å². The first kappa shape index (κ1) is 15.8. The Hall–Kier alpha value is -2.12. The van der Waals surface area contributed by atoms with E-state index in [-0.39, 0.29) is 5.91 Å². The van der Waals surface area contributed by atoms with E-state index in [0.29, 0.717) is 46.7 Å². The number of rotatable bonds is 5. The van der Waals surface area contributed by atoms with Gasteiger partial charge in [-0.2, -0.15) is 10.2 Å². The lowest BCUT2D eigenvalue weighted by Gasteiger charge is -2.04. The molecule has 0 saturated carbocycles. The van der Waals surface area contributed by atoms with Gasteiger partial charge in [-0.15, -0.1) is 0 Å². The van der Waals surface area contributed by atoms with Crippen molar-refractivity contribution in [2.24, 2.45) is 0 Å². The van der Waals surface area contributed by atoms with Crippen molar-refractivity contribution in [3.8, 4) is 0 Å². The van der Waals surface area contributed by atoms with Crippen LogP contribution in [0.2, 0.25) is 10.2 Å². The van der Waals surface area contributed by atoms with Crippen LogP contribution >= 0.6 is 23.2 Å². The average molecular weight is 353 g/mol. The molecule has 0 aromatic carbocycles. The van der Waals surface area contributed by atoms with Gasteiger partial charge < -0.3 is 5.32 Å². The fourth-order valence-corrected chi connectivity index (χ4v) is 2.54. The van der Waals surface area contributed by atoms with Crippen molar-refractivity contribution < 1.29 is 4.79 Å². The van der Waals surface area contributed by atoms with E-state index in [9.17, 15) is 4.79 Å². The summed E-state index contributed by atoms with van der Waals surface area (Å²) in [6.07, 6.45) is 4.07. The Balaban J connectivity index is 1.54. The Labute approximate surface area is 142 Å². The number of hydrogen-bond donors (Lipinski definition) is 1. The number of carbonyl (C=O) groups is 1. The molecule has 0 fully saturated rings. The molecule has 3 rings (SSSR count). The molecule has 1 amide bonds. The quantitative estimate of drug-likeness (QED) is 0.715. The number of nitrogens with zero attached hydrogens (tertiary/aromatic N) is 5. The summed E-state index contributed by atoms with van der Waals surface area (Å²) in [6, 6.07) is 3.39. The molecule has 0 bridgehead atoms. The average Bonchev–Trinajstić information content (AvgIpc) is 3.08. The van der Waals surface area contributed by atoms with E-state index < -0.39 is 0 Å². The lowest BCUT2D eigenvalue weighted by Crippen LogP contribution is -2.25. The summed E-state index contributed by atoms with van der Waals surface area (Å²) in [7, 11) is 0. The van der Waals surface area contributed by atoms with Crippen LogP contribution in [0, 0.1) is 6.92 Å². The van der Waals surface area contributed by atoms with E-state index in [4.69, 9.17) is 23.2 Å². The predicted molar refractivity (Wildman–Crippen MR) is 86.9 cm³/mol. The van der Waals surface area contributed by atoms with Crippen molar-refractivity contribution in [2.75, 3.05) is 6.54 Å². The first-order chi connectivity index (χ1) is 11.1. The molecule has 3 aromatic heterocycles. The first-order valence-electron chi connectivity index (χ1n) is 7.03. The molecule has 23 heavy (non-hydrogen) atoms. The van der Waals surface area contributed by atoms with Crippen molar-refractivity contribution in [1.29, 1.82) is 0 Å². The molecule has 0 aliphatic heterocycles. The highest BCUT2D eigenvalue weighted by Crippen LogP contribution is 2.24. The normalized spacial score (nSPS) is 11.1. The number of nitrogens with one attached hydrogen (secondary N) is 1. The maximum absolute atomic E-state index is 12.1. The van der Waals surface area contributed by atoms with E-state index in [1.54, 1.807) is 40.6 Å². The molecular weight excluding hydrogens is 339 g/mol. The van der Waals surface area contributed by atoms with Crippen LogP contribution in [0.25, 0.3) is 5.65 Å². The molecule has 0 spiro atoms. The Morgan fingerprint density at radius 2 is 2.17 bits per heavy atom. The van der Waals surface area contributed by atoms with Crippen LogP contribution in [0.3, 0.4) is 0 Å². The summed E-state index contributed by atoms with van der Waals surface area (Å²) in [5.41, 5.74) is 1.66. The van der Waals surface area contributed by atoms with E-state index in [1.165, 1.54) is 0 Å². The molecule has 0 saturated heterocycles. The Kier molecular flexibility index (Phi) is 4.49. The minimum atomic E-state index is -0.240. The Morgan fingerprint density at radius 1 is 1.35 bits per heavy atom. The van der Waals surface area contributed by atoms with Gasteiger partial charge in [0.05, 0.1) is 5.69 Å². The fraction of sp³-hybridized carbons (Fsp3) is 0.286. The van der Waals surface area contributed by atoms with Crippen LogP contribution in [0.1, 0.15) is 22.6 Å². The van der Waals surface area contributed by atoms with Gasteiger partial charge in [-0.3, -0.25) is 9.48 Å². The number of hydrogen-bond acceptors (Lipinski definition) is 4. The van der Waals surface area contributed by atoms with Crippen LogP contribution < -0.4 is 5.32 Å². The zero-order valence-corrected chi connectivity index (χ0v) is 13.8. The Morgan fingerprint density at radius 3 is 2.87 bits per heavy atom. The predicted octanol–water partition coefficient (Wildman–Crippen LogP) is 2.36. The molecule has 9 heteroatoms. The number of amides is 1. The molecule has 0 radical (unpaired) electrons. The van der Waals surface area contributed by atoms with Gasteiger partial charge >= 0.3 is 0 Å². The van der Waals surface area contributed by atoms with E-state index in [2.05, 4.69) is 20.5 Å². The summed E-state index contributed by atoms with van der Waals surface area (Å²) >= 11 is 12.0. The van der Waals surface area contributed by atoms with Crippen molar-refractivity contribution in [3.63, 3.8) is 0 Å². The third-order valence-corrected chi connectivity index (χ3v) is 4.23. The molecule has 1 N–H and O–H groups in total. The van der Waals surface area contributed by atoms with Gasteiger partial charge in [0.25, 0.3) is 5.91 Å². The van der Waals surface area contributed by atoms with Gasteiger partial charge in [-0.25, -0.2) is 9.50 Å². The number of halogens is 2. The zero-order valence-electron chi connectivity index (χ0n) is 12.3. The minimum absolute atomic E-state index is 0.240. The third kappa shape index (κ3) is 3.30. The number of aryl methyl sites for hydroxylation is 2. The molecular formula is C14H14Cl2N6O. The molecule has 0 aliphatic rings. The second-order valence-electron chi connectivity index (χ2n) is 4.97. The van der Waals surface area contributed by atoms with E-state index >= 15 is 0 Å². The topological polar surface area (TPSA) is 77.1 Å². The number of aromatic nitrogens is 5.